The van der Waals surface area contributed by atoms with Gasteiger partial charge in [0.25, 0.3) is 0 Å². The highest BCUT2D eigenvalue weighted by molar-refractivity contribution is 6.31. The topological polar surface area (TPSA) is 4.93 Å². The predicted octanol–water partition coefficient (Wildman–Crippen LogP) is 4.73. The lowest BCUT2D eigenvalue weighted by Crippen LogP contribution is -1.85. The smallest absolute Gasteiger partial charge is 0.0495 e. The molecule has 1 aromatic carbocycles. The molecule has 0 saturated carbocycles. The molecule has 17 heavy (non-hydrogen) atoms. The summed E-state index contributed by atoms with van der Waals surface area (Å²) in [6.07, 6.45) is 6.61. The van der Waals surface area contributed by atoms with Gasteiger partial charge in [-0.3, -0.25) is 0 Å². The van der Waals surface area contributed by atoms with E-state index in [0.29, 0.717) is 0 Å². The van der Waals surface area contributed by atoms with Gasteiger partial charge >= 0.3 is 0 Å². The van der Waals surface area contributed by atoms with Crippen molar-refractivity contribution in [1.29, 1.82) is 0 Å². The van der Waals surface area contributed by atoms with E-state index in [-0.39, 0.29) is 0 Å². The third-order valence-corrected chi connectivity index (χ3v) is 3.55. The van der Waals surface area contributed by atoms with Gasteiger partial charge in [-0.2, -0.15) is 0 Å². The maximum absolute atomic E-state index is 6.03. The van der Waals surface area contributed by atoms with Crippen molar-refractivity contribution in [3.05, 3.63) is 46.6 Å². The number of fused-ring (bicyclic) bond motifs is 1. The standard InChI is InChI=1S/C15H18ClN/c1-4-11(2)5-6-12-10-17(3)15-9-13(16)7-8-14(12)15/h4,7-10H,5-6H2,1-3H3/b11-4+. The summed E-state index contributed by atoms with van der Waals surface area (Å²) >= 11 is 6.03. The zero-order valence-electron chi connectivity index (χ0n) is 10.6. The Labute approximate surface area is 108 Å². The minimum absolute atomic E-state index is 0.801. The fourth-order valence-electron chi connectivity index (χ4n) is 2.12. The monoisotopic (exact) mass is 247 g/mol. The number of hydrogen-bond donors (Lipinski definition) is 0. The fraction of sp³-hybridized carbons (Fsp3) is 0.333. The van der Waals surface area contributed by atoms with Crippen molar-refractivity contribution in [3.63, 3.8) is 0 Å². The first kappa shape index (κ1) is 12.3. The second kappa shape index (κ2) is 4.97. The van der Waals surface area contributed by atoms with Crippen LogP contribution >= 0.6 is 11.6 Å². The first-order valence-electron chi connectivity index (χ1n) is 5.97. The quantitative estimate of drug-likeness (QED) is 0.691. The number of aromatic nitrogens is 1. The molecule has 0 N–H and O–H groups in total. The molecular weight excluding hydrogens is 230 g/mol. The summed E-state index contributed by atoms with van der Waals surface area (Å²) in [6.45, 7) is 4.28. The Balaban J connectivity index is 2.35. The van der Waals surface area contributed by atoms with Gasteiger partial charge in [-0.05, 0) is 44.4 Å². The number of nitrogens with zero attached hydrogens (tertiary/aromatic N) is 1. The Morgan fingerprint density at radius 2 is 2.18 bits per heavy atom. The van der Waals surface area contributed by atoms with Crippen molar-refractivity contribution in [2.45, 2.75) is 26.7 Å². The lowest BCUT2D eigenvalue weighted by Gasteiger charge is -2.00. The molecule has 0 aliphatic heterocycles. The Morgan fingerprint density at radius 1 is 1.41 bits per heavy atom. The van der Waals surface area contributed by atoms with Crippen LogP contribution in [0.4, 0.5) is 0 Å². The molecule has 2 rings (SSSR count). The van der Waals surface area contributed by atoms with Crippen LogP contribution in [0.1, 0.15) is 25.8 Å². The summed E-state index contributed by atoms with van der Waals surface area (Å²) in [4.78, 5) is 0. The summed E-state index contributed by atoms with van der Waals surface area (Å²) in [5, 5.41) is 2.12. The van der Waals surface area contributed by atoms with E-state index in [1.54, 1.807) is 0 Å². The van der Waals surface area contributed by atoms with Gasteiger partial charge in [-0.25, -0.2) is 0 Å². The highest BCUT2D eigenvalue weighted by Gasteiger charge is 2.06. The Bertz CT molecular complexity index is 564. The Hall–Kier alpha value is -1.21. The Morgan fingerprint density at radius 3 is 2.88 bits per heavy atom. The minimum atomic E-state index is 0.801. The summed E-state index contributed by atoms with van der Waals surface area (Å²) in [5.74, 6) is 0. The number of halogens is 1. The van der Waals surface area contributed by atoms with Crippen molar-refractivity contribution in [3.8, 4) is 0 Å². The van der Waals surface area contributed by atoms with Gasteiger partial charge in [-0.1, -0.05) is 29.3 Å². The SMILES string of the molecule is C/C=C(\C)CCc1cn(C)c2cc(Cl)ccc12. The van der Waals surface area contributed by atoms with E-state index < -0.39 is 0 Å². The molecule has 0 bridgehead atoms. The molecule has 1 heterocycles. The van der Waals surface area contributed by atoms with Crippen LogP contribution in [0.3, 0.4) is 0 Å². The zero-order valence-corrected chi connectivity index (χ0v) is 11.4. The molecule has 2 aromatic rings. The molecule has 0 fully saturated rings. The molecule has 0 aliphatic carbocycles. The van der Waals surface area contributed by atoms with E-state index >= 15 is 0 Å². The van der Waals surface area contributed by atoms with E-state index in [0.717, 1.165) is 17.9 Å². The molecule has 0 amide bonds. The van der Waals surface area contributed by atoms with Crippen LogP contribution in [0.5, 0.6) is 0 Å². The third-order valence-electron chi connectivity index (χ3n) is 3.32. The van der Waals surface area contributed by atoms with Gasteiger partial charge in [-0.15, -0.1) is 0 Å². The lowest BCUT2D eigenvalue weighted by atomic mass is 10.0. The van der Waals surface area contributed by atoms with Gasteiger partial charge < -0.3 is 4.57 Å². The maximum atomic E-state index is 6.03. The number of rotatable bonds is 3. The van der Waals surface area contributed by atoms with E-state index in [1.807, 2.05) is 12.1 Å². The number of benzene rings is 1. The van der Waals surface area contributed by atoms with Gasteiger partial charge in [0.1, 0.15) is 0 Å². The normalized spacial score (nSPS) is 12.4. The molecule has 0 unspecified atom stereocenters. The van der Waals surface area contributed by atoms with E-state index in [9.17, 15) is 0 Å². The molecule has 1 aromatic heterocycles. The summed E-state index contributed by atoms with van der Waals surface area (Å²) in [5.41, 5.74) is 4.06. The van der Waals surface area contributed by atoms with Crippen molar-refractivity contribution < 1.29 is 0 Å². The molecule has 0 aliphatic rings. The van der Waals surface area contributed by atoms with Crippen LogP contribution in [-0.2, 0) is 13.5 Å². The summed E-state index contributed by atoms with van der Waals surface area (Å²) in [7, 11) is 2.07. The maximum Gasteiger partial charge on any atom is 0.0495 e. The average Bonchev–Trinajstić information content (AvgIpc) is 2.63. The average molecular weight is 248 g/mol. The van der Waals surface area contributed by atoms with Crippen molar-refractivity contribution in [2.75, 3.05) is 0 Å². The number of hydrogen-bond acceptors (Lipinski definition) is 0. The molecule has 0 saturated heterocycles. The van der Waals surface area contributed by atoms with Gasteiger partial charge in [0.05, 0.1) is 0 Å². The van der Waals surface area contributed by atoms with Crippen LogP contribution in [0.25, 0.3) is 10.9 Å². The minimum Gasteiger partial charge on any atom is -0.350 e. The highest BCUT2D eigenvalue weighted by atomic mass is 35.5. The molecule has 90 valence electrons. The highest BCUT2D eigenvalue weighted by Crippen LogP contribution is 2.25. The summed E-state index contributed by atoms with van der Waals surface area (Å²) < 4.78 is 2.15. The van der Waals surface area contributed by atoms with E-state index in [2.05, 4.69) is 43.8 Å². The zero-order chi connectivity index (χ0) is 12.4. The first-order valence-corrected chi connectivity index (χ1v) is 6.35. The third kappa shape index (κ3) is 2.55. The van der Waals surface area contributed by atoms with Crippen LogP contribution in [0, 0.1) is 0 Å². The second-order valence-corrected chi connectivity index (χ2v) is 5.00. The van der Waals surface area contributed by atoms with Gasteiger partial charge in [0, 0.05) is 29.2 Å². The largest absolute Gasteiger partial charge is 0.350 e. The van der Waals surface area contributed by atoms with Crippen LogP contribution in [0.15, 0.2) is 36.0 Å². The molecule has 0 radical (unpaired) electrons. The Kier molecular flexibility index (Phi) is 3.58. The van der Waals surface area contributed by atoms with Crippen LogP contribution in [0.2, 0.25) is 5.02 Å². The summed E-state index contributed by atoms with van der Waals surface area (Å²) in [6, 6.07) is 6.12. The molecule has 0 atom stereocenters. The number of allylic oxidation sites excluding steroid dienone is 2. The number of aryl methyl sites for hydroxylation is 2. The van der Waals surface area contributed by atoms with E-state index in [4.69, 9.17) is 11.6 Å². The fourth-order valence-corrected chi connectivity index (χ4v) is 2.28. The lowest BCUT2D eigenvalue weighted by molar-refractivity contribution is 0.914. The molecule has 1 nitrogen and oxygen atoms in total. The molecular formula is C15H18ClN. The second-order valence-electron chi connectivity index (χ2n) is 4.56. The van der Waals surface area contributed by atoms with Crippen LogP contribution in [-0.4, -0.2) is 4.57 Å². The van der Waals surface area contributed by atoms with Gasteiger partial charge in [0.15, 0.2) is 0 Å². The molecule has 0 spiro atoms. The van der Waals surface area contributed by atoms with Crippen molar-refractivity contribution in [2.24, 2.45) is 7.05 Å². The van der Waals surface area contributed by atoms with Crippen LogP contribution < -0.4 is 0 Å². The predicted molar refractivity (Wildman–Crippen MR) is 75.7 cm³/mol. The van der Waals surface area contributed by atoms with Gasteiger partial charge in [0.2, 0.25) is 0 Å². The molecule has 2 heteroatoms. The van der Waals surface area contributed by atoms with Crippen molar-refractivity contribution >= 4 is 22.5 Å². The van der Waals surface area contributed by atoms with E-state index in [1.165, 1.54) is 22.0 Å². The first-order chi connectivity index (χ1) is 8.11. The van der Waals surface area contributed by atoms with Crippen molar-refractivity contribution in [1.82, 2.24) is 4.57 Å².